The van der Waals surface area contributed by atoms with Crippen molar-refractivity contribution in [2.45, 2.75) is 44.8 Å². The number of halogens is 3. The summed E-state index contributed by atoms with van der Waals surface area (Å²) in [5.74, 6) is -1.58. The normalized spacial score (nSPS) is 17.0. The van der Waals surface area contributed by atoms with Crippen molar-refractivity contribution in [3.05, 3.63) is 73.0 Å². The van der Waals surface area contributed by atoms with Crippen LogP contribution >= 0.6 is 0 Å². The van der Waals surface area contributed by atoms with E-state index in [9.17, 15) is 22.8 Å². The second-order valence-corrected chi connectivity index (χ2v) is 10.1. The van der Waals surface area contributed by atoms with Crippen LogP contribution in [0.1, 0.15) is 48.5 Å². The largest absolute Gasteiger partial charge is 0.465 e. The number of ether oxygens (including phenoxy) is 4. The fourth-order valence-electron chi connectivity index (χ4n) is 4.83. The number of rotatable bonds is 14. The van der Waals surface area contributed by atoms with Crippen molar-refractivity contribution in [2.75, 3.05) is 38.4 Å². The zero-order chi connectivity index (χ0) is 30.7. The van der Waals surface area contributed by atoms with Crippen LogP contribution in [0.15, 0.2) is 61.8 Å². The molecule has 0 unspecified atom stereocenters. The van der Waals surface area contributed by atoms with Gasteiger partial charge in [0.15, 0.2) is 0 Å². The Morgan fingerprint density at radius 3 is 2.29 bits per heavy atom. The van der Waals surface area contributed by atoms with Gasteiger partial charge in [0, 0.05) is 12.1 Å². The third kappa shape index (κ3) is 8.65. The van der Waals surface area contributed by atoms with E-state index in [-0.39, 0.29) is 55.3 Å². The summed E-state index contributed by atoms with van der Waals surface area (Å²) in [5, 5.41) is 0. The van der Waals surface area contributed by atoms with E-state index in [1.807, 2.05) is 0 Å². The van der Waals surface area contributed by atoms with E-state index in [4.69, 9.17) is 18.9 Å². The minimum Gasteiger partial charge on any atom is -0.465 e. The molecule has 8 nitrogen and oxygen atoms in total. The first kappa shape index (κ1) is 32.8. The van der Waals surface area contributed by atoms with Crippen LogP contribution in [0.2, 0.25) is 0 Å². The Hall–Kier alpha value is -3.70. The molecule has 1 fully saturated rings. The summed E-state index contributed by atoms with van der Waals surface area (Å²) >= 11 is 0. The summed E-state index contributed by atoms with van der Waals surface area (Å²) in [6.45, 7) is 10.1. The zero-order valence-electron chi connectivity index (χ0n) is 23.9. The number of methoxy groups -OCH3 is 1. The highest BCUT2D eigenvalue weighted by Gasteiger charge is 2.37. The maximum Gasteiger partial charge on any atom is 0.421 e. The summed E-state index contributed by atoms with van der Waals surface area (Å²) < 4.78 is 62.6. The number of pyridine rings is 1. The van der Waals surface area contributed by atoms with Crippen molar-refractivity contribution in [3.8, 4) is 11.6 Å². The zero-order valence-corrected chi connectivity index (χ0v) is 23.9. The molecule has 0 atom stereocenters. The van der Waals surface area contributed by atoms with Crippen LogP contribution in [0.25, 0.3) is 0 Å². The van der Waals surface area contributed by atoms with Crippen LogP contribution in [0.5, 0.6) is 11.6 Å². The molecule has 0 aliphatic heterocycles. The Labute approximate surface area is 244 Å². The molecule has 1 aromatic heterocycles. The predicted octanol–water partition coefficient (Wildman–Crippen LogP) is 6.61. The first-order valence-corrected chi connectivity index (χ1v) is 13.7. The molecule has 2 aromatic rings. The summed E-state index contributed by atoms with van der Waals surface area (Å²) in [5.41, 5.74) is -0.949. The number of alkyl halides is 3. The Bertz CT molecular complexity index is 1210. The molecule has 0 bridgehead atoms. The third-order valence-electron chi connectivity index (χ3n) is 6.98. The molecule has 11 heteroatoms. The number of hydrogen-bond donors (Lipinski definition) is 0. The van der Waals surface area contributed by atoms with E-state index in [1.54, 1.807) is 12.2 Å². The molecular weight excluding hydrogens is 553 g/mol. The minimum absolute atomic E-state index is 0.0692. The van der Waals surface area contributed by atoms with Crippen molar-refractivity contribution in [3.63, 3.8) is 0 Å². The van der Waals surface area contributed by atoms with E-state index in [1.165, 1.54) is 36.4 Å². The van der Waals surface area contributed by atoms with Gasteiger partial charge in [-0.25, -0.2) is 9.78 Å². The number of amides is 1. The van der Waals surface area contributed by atoms with Crippen molar-refractivity contribution in [1.29, 1.82) is 0 Å². The molecule has 1 aromatic carbocycles. The number of nitrogens with zero attached hydrogens (tertiary/aromatic N) is 2. The van der Waals surface area contributed by atoms with Gasteiger partial charge in [0.25, 0.3) is 0 Å². The summed E-state index contributed by atoms with van der Waals surface area (Å²) in [4.78, 5) is 32.4. The van der Waals surface area contributed by atoms with Gasteiger partial charge in [0.1, 0.15) is 11.3 Å². The van der Waals surface area contributed by atoms with Gasteiger partial charge in [-0.1, -0.05) is 19.1 Å². The number of carbonyl (C=O) groups excluding carboxylic acids is 2. The average Bonchev–Trinajstić information content (AvgIpc) is 2.97. The number of carbonyl (C=O) groups is 2. The van der Waals surface area contributed by atoms with E-state index in [0.29, 0.717) is 18.8 Å². The maximum absolute atomic E-state index is 14.2. The van der Waals surface area contributed by atoms with Gasteiger partial charge < -0.3 is 23.8 Å². The van der Waals surface area contributed by atoms with Crippen molar-refractivity contribution >= 4 is 17.6 Å². The van der Waals surface area contributed by atoms with Gasteiger partial charge in [0.05, 0.1) is 50.8 Å². The molecule has 0 spiro atoms. The Morgan fingerprint density at radius 1 is 1.07 bits per heavy atom. The molecule has 1 saturated carbocycles. The minimum atomic E-state index is -4.71. The smallest absolute Gasteiger partial charge is 0.421 e. The average molecular weight is 591 g/mol. The third-order valence-corrected chi connectivity index (χ3v) is 6.98. The Kier molecular flexibility index (Phi) is 12.1. The van der Waals surface area contributed by atoms with Gasteiger partial charge in [-0.05, 0) is 61.9 Å². The second-order valence-electron chi connectivity index (χ2n) is 10.1. The lowest BCUT2D eigenvalue weighted by Crippen LogP contribution is -2.49. The topological polar surface area (TPSA) is 87.2 Å². The number of benzene rings is 1. The maximum atomic E-state index is 14.2. The van der Waals surface area contributed by atoms with Crippen molar-refractivity contribution in [2.24, 2.45) is 11.8 Å². The van der Waals surface area contributed by atoms with Crippen LogP contribution in [0.4, 0.5) is 18.9 Å². The molecule has 1 amide bonds. The number of hydrogen-bond acceptors (Lipinski definition) is 7. The molecule has 0 N–H and O–H groups in total. The quantitative estimate of drug-likeness (QED) is 0.139. The molecular formula is C31H37F3N2O6. The lowest BCUT2D eigenvalue weighted by molar-refractivity contribution is -0.138. The number of aromatic nitrogens is 1. The highest BCUT2D eigenvalue weighted by molar-refractivity contribution is 6.04. The lowest BCUT2D eigenvalue weighted by atomic mass is 9.82. The van der Waals surface area contributed by atoms with Gasteiger partial charge in [-0.15, -0.1) is 13.2 Å². The van der Waals surface area contributed by atoms with Crippen molar-refractivity contribution < 1.29 is 41.7 Å². The van der Waals surface area contributed by atoms with E-state index < -0.39 is 29.6 Å². The van der Waals surface area contributed by atoms with Crippen LogP contribution in [0, 0.1) is 11.8 Å². The molecule has 1 aliphatic rings. The number of anilines is 1. The lowest BCUT2D eigenvalue weighted by Gasteiger charge is -2.37. The molecule has 1 aliphatic carbocycles. The fourth-order valence-corrected chi connectivity index (χ4v) is 4.83. The highest BCUT2D eigenvalue weighted by Crippen LogP contribution is 2.38. The molecule has 0 saturated heterocycles. The van der Waals surface area contributed by atoms with Gasteiger partial charge in [-0.2, -0.15) is 13.2 Å². The first-order chi connectivity index (χ1) is 20.1. The summed E-state index contributed by atoms with van der Waals surface area (Å²) in [6, 6.07) is 5.42. The fraction of sp³-hybridized carbons (Fsp3) is 0.452. The van der Waals surface area contributed by atoms with Gasteiger partial charge >= 0.3 is 12.1 Å². The second kappa shape index (κ2) is 15.5. The molecule has 0 radical (unpaired) electrons. The van der Waals surface area contributed by atoms with Crippen molar-refractivity contribution in [1.82, 2.24) is 4.98 Å². The van der Waals surface area contributed by atoms with Gasteiger partial charge in [-0.3, -0.25) is 4.79 Å². The van der Waals surface area contributed by atoms with Crippen LogP contribution < -0.4 is 9.64 Å². The van der Waals surface area contributed by atoms with E-state index in [0.717, 1.165) is 25.0 Å². The van der Waals surface area contributed by atoms with Crippen LogP contribution in [-0.4, -0.2) is 56.4 Å². The molecule has 42 heavy (non-hydrogen) atoms. The van der Waals surface area contributed by atoms with Crippen LogP contribution in [-0.2, 0) is 25.2 Å². The Morgan fingerprint density at radius 2 is 1.71 bits per heavy atom. The SMILES string of the molecule is C=CCOCC(COCC=C)N(c1ccc(Oc2ncccc2C(F)(F)F)cc1C(=O)OC)C(=O)[C@H]1CC[C@H](C)CC1. The van der Waals surface area contributed by atoms with E-state index >= 15 is 0 Å². The standard InChI is InChI=1S/C31H37F3N2O6/c1-5-16-40-19-23(20-41-17-6-2)36(29(37)22-11-9-21(3)10-12-22)27-14-13-24(18-25(27)30(38)39-4)42-28-26(31(32,33)34)8-7-15-35-28/h5-8,13-15,18,21-23H,1-2,9-12,16-17,19-20H2,3-4H3/t21-,22-. The first-order valence-electron chi connectivity index (χ1n) is 13.7. The summed E-state index contributed by atoms with van der Waals surface area (Å²) in [6.07, 6.45) is 2.75. The van der Waals surface area contributed by atoms with Gasteiger partial charge in [0.2, 0.25) is 11.8 Å². The molecule has 3 rings (SSSR count). The number of esters is 1. The summed E-state index contributed by atoms with van der Waals surface area (Å²) in [7, 11) is 1.17. The predicted molar refractivity (Wildman–Crippen MR) is 152 cm³/mol. The monoisotopic (exact) mass is 590 g/mol. The highest BCUT2D eigenvalue weighted by atomic mass is 19.4. The Balaban J connectivity index is 2.09. The molecule has 1 heterocycles. The van der Waals surface area contributed by atoms with Crippen LogP contribution in [0.3, 0.4) is 0 Å². The molecule has 228 valence electrons. The van der Waals surface area contributed by atoms with E-state index in [2.05, 4.69) is 25.1 Å².